The summed E-state index contributed by atoms with van der Waals surface area (Å²) in [5.74, 6) is 1.91. The van der Waals surface area contributed by atoms with Gasteiger partial charge in [0.25, 0.3) is 0 Å². The van der Waals surface area contributed by atoms with Crippen molar-refractivity contribution < 1.29 is 14.6 Å². The fourth-order valence-corrected chi connectivity index (χ4v) is 4.20. The van der Waals surface area contributed by atoms with Gasteiger partial charge < -0.3 is 14.6 Å². The van der Waals surface area contributed by atoms with Gasteiger partial charge in [0.2, 0.25) is 5.88 Å². The molecule has 2 aromatic carbocycles. The van der Waals surface area contributed by atoms with Crippen LogP contribution in [0.15, 0.2) is 54.6 Å². The molecule has 3 aromatic rings. The summed E-state index contributed by atoms with van der Waals surface area (Å²) in [7, 11) is 1.89. The zero-order valence-electron chi connectivity index (χ0n) is 20.2. The van der Waals surface area contributed by atoms with Crippen LogP contribution in [0.5, 0.6) is 11.6 Å². The normalized spacial score (nSPS) is 14.7. The van der Waals surface area contributed by atoms with Crippen molar-refractivity contribution in [2.45, 2.75) is 45.4 Å². The smallest absolute Gasteiger partial charge is 0.222 e. The van der Waals surface area contributed by atoms with E-state index < -0.39 is 6.10 Å². The average Bonchev–Trinajstić information content (AvgIpc) is 3.58. The molecule has 1 heterocycles. The average molecular weight is 484 g/mol. The predicted molar refractivity (Wildman–Crippen MR) is 135 cm³/mol. The van der Waals surface area contributed by atoms with E-state index in [9.17, 15) is 5.11 Å². The zero-order valence-corrected chi connectivity index (χ0v) is 20.9. The minimum absolute atomic E-state index is 0.0881. The molecule has 1 atom stereocenters. The van der Waals surface area contributed by atoms with E-state index in [1.165, 1.54) is 12.8 Å². The number of para-hydroxylation sites is 1. The van der Waals surface area contributed by atoms with Crippen LogP contribution in [0, 0.1) is 5.92 Å². The molecule has 1 aliphatic carbocycles. The van der Waals surface area contributed by atoms with Gasteiger partial charge in [-0.3, -0.25) is 4.90 Å². The maximum Gasteiger partial charge on any atom is 0.222 e. The lowest BCUT2D eigenvalue weighted by Crippen LogP contribution is -2.36. The highest BCUT2D eigenvalue weighted by Crippen LogP contribution is 2.37. The van der Waals surface area contributed by atoms with E-state index in [2.05, 4.69) is 17.0 Å². The molecule has 0 amide bonds. The Morgan fingerprint density at radius 2 is 1.82 bits per heavy atom. The number of hydrogen-bond acceptors (Lipinski definition) is 5. The Morgan fingerprint density at radius 3 is 2.50 bits per heavy atom. The maximum atomic E-state index is 10.7. The number of aliphatic hydroxyl groups is 1. The SMILES string of the molecule is CC(C)OC[C@@H](O)CN(Cc1c(-c2ccccc2)nn(C)c1Oc1ccccc1Cl)CC1CC1. The van der Waals surface area contributed by atoms with E-state index in [1.54, 1.807) is 4.68 Å². The van der Waals surface area contributed by atoms with Crippen LogP contribution in [0.25, 0.3) is 11.3 Å². The molecule has 0 unspecified atom stereocenters. The second-order valence-electron chi connectivity index (χ2n) is 9.33. The molecule has 34 heavy (non-hydrogen) atoms. The molecule has 0 bridgehead atoms. The van der Waals surface area contributed by atoms with Crippen LogP contribution in [0.3, 0.4) is 0 Å². The molecule has 0 aliphatic heterocycles. The van der Waals surface area contributed by atoms with E-state index in [0.717, 1.165) is 23.4 Å². The van der Waals surface area contributed by atoms with Crippen LogP contribution < -0.4 is 4.74 Å². The minimum Gasteiger partial charge on any atom is -0.437 e. The summed E-state index contributed by atoms with van der Waals surface area (Å²) < 4.78 is 13.8. The topological polar surface area (TPSA) is 59.8 Å². The summed E-state index contributed by atoms with van der Waals surface area (Å²) in [5.41, 5.74) is 2.88. The number of hydrogen-bond donors (Lipinski definition) is 1. The number of aryl methyl sites for hydroxylation is 1. The minimum atomic E-state index is -0.564. The summed E-state index contributed by atoms with van der Waals surface area (Å²) in [6.07, 6.45) is 1.99. The van der Waals surface area contributed by atoms with E-state index in [1.807, 2.05) is 63.4 Å². The summed E-state index contributed by atoms with van der Waals surface area (Å²) >= 11 is 6.40. The first-order valence-corrected chi connectivity index (χ1v) is 12.3. The van der Waals surface area contributed by atoms with E-state index in [-0.39, 0.29) is 6.10 Å². The Morgan fingerprint density at radius 1 is 1.12 bits per heavy atom. The second-order valence-corrected chi connectivity index (χ2v) is 9.73. The molecule has 1 aliphatic rings. The first-order chi connectivity index (χ1) is 16.4. The molecule has 1 N–H and O–H groups in total. The second kappa shape index (κ2) is 11.4. The van der Waals surface area contributed by atoms with Crippen molar-refractivity contribution in [2.75, 3.05) is 19.7 Å². The summed E-state index contributed by atoms with van der Waals surface area (Å²) in [6, 6.07) is 17.6. The number of ether oxygens (including phenoxy) is 2. The largest absolute Gasteiger partial charge is 0.437 e. The van der Waals surface area contributed by atoms with Crippen molar-refractivity contribution in [1.82, 2.24) is 14.7 Å². The number of halogens is 1. The van der Waals surface area contributed by atoms with Crippen molar-refractivity contribution >= 4 is 11.6 Å². The summed E-state index contributed by atoms with van der Waals surface area (Å²) in [4.78, 5) is 2.30. The monoisotopic (exact) mass is 483 g/mol. The van der Waals surface area contributed by atoms with Gasteiger partial charge in [0.15, 0.2) is 0 Å². The van der Waals surface area contributed by atoms with Gasteiger partial charge in [-0.15, -0.1) is 0 Å². The molecule has 182 valence electrons. The third-order valence-electron chi connectivity index (χ3n) is 5.86. The van der Waals surface area contributed by atoms with E-state index in [4.69, 9.17) is 26.2 Å². The molecule has 1 aromatic heterocycles. The first kappa shape index (κ1) is 24.7. The Balaban J connectivity index is 1.65. The van der Waals surface area contributed by atoms with Gasteiger partial charge in [0, 0.05) is 32.2 Å². The van der Waals surface area contributed by atoms with Crippen molar-refractivity contribution in [3.05, 3.63) is 65.2 Å². The molecule has 4 rings (SSSR count). The molecule has 0 spiro atoms. The summed E-state index contributed by atoms with van der Waals surface area (Å²) in [5, 5.41) is 16.1. The van der Waals surface area contributed by atoms with Gasteiger partial charge in [0.1, 0.15) is 11.4 Å². The van der Waals surface area contributed by atoms with Crippen LogP contribution in [-0.2, 0) is 18.3 Å². The number of aromatic nitrogens is 2. The lowest BCUT2D eigenvalue weighted by atomic mass is 10.1. The molecule has 1 fully saturated rings. The van der Waals surface area contributed by atoms with E-state index >= 15 is 0 Å². The fraction of sp³-hybridized carbons (Fsp3) is 0.444. The third-order valence-corrected chi connectivity index (χ3v) is 6.18. The zero-order chi connectivity index (χ0) is 24.1. The van der Waals surface area contributed by atoms with Gasteiger partial charge in [-0.2, -0.15) is 5.10 Å². The van der Waals surface area contributed by atoms with Crippen molar-refractivity contribution in [1.29, 1.82) is 0 Å². The quantitative estimate of drug-likeness (QED) is 0.367. The highest BCUT2D eigenvalue weighted by Gasteiger charge is 2.29. The van der Waals surface area contributed by atoms with Crippen LogP contribution >= 0.6 is 11.6 Å². The Bertz CT molecular complexity index is 1070. The molecular formula is C27H34ClN3O3. The molecule has 0 saturated heterocycles. The highest BCUT2D eigenvalue weighted by molar-refractivity contribution is 6.32. The van der Waals surface area contributed by atoms with Gasteiger partial charge in [-0.05, 0) is 44.7 Å². The summed E-state index contributed by atoms with van der Waals surface area (Å²) in [6.45, 7) is 6.34. The number of nitrogens with zero attached hydrogens (tertiary/aromatic N) is 3. The van der Waals surface area contributed by atoms with Crippen LogP contribution in [0.2, 0.25) is 5.02 Å². The Hall–Kier alpha value is -2.38. The van der Waals surface area contributed by atoms with Crippen LogP contribution in [0.4, 0.5) is 0 Å². The van der Waals surface area contributed by atoms with Crippen molar-refractivity contribution in [3.8, 4) is 22.9 Å². The molecule has 0 radical (unpaired) electrons. The Labute approximate surface area is 207 Å². The molecule has 7 heteroatoms. The van der Waals surface area contributed by atoms with Crippen LogP contribution in [-0.4, -0.2) is 51.7 Å². The maximum absolute atomic E-state index is 10.7. The molecular weight excluding hydrogens is 450 g/mol. The Kier molecular flexibility index (Phi) is 8.27. The van der Waals surface area contributed by atoms with E-state index in [0.29, 0.717) is 42.3 Å². The molecule has 1 saturated carbocycles. The van der Waals surface area contributed by atoms with Gasteiger partial charge in [0.05, 0.1) is 29.4 Å². The number of benzene rings is 2. The number of rotatable bonds is 12. The lowest BCUT2D eigenvalue weighted by molar-refractivity contribution is -0.0101. The van der Waals surface area contributed by atoms with Gasteiger partial charge in [-0.1, -0.05) is 54.1 Å². The van der Waals surface area contributed by atoms with Crippen molar-refractivity contribution in [3.63, 3.8) is 0 Å². The number of aliphatic hydroxyl groups excluding tert-OH is 1. The molecule has 6 nitrogen and oxygen atoms in total. The first-order valence-electron chi connectivity index (χ1n) is 12.0. The van der Waals surface area contributed by atoms with Gasteiger partial charge >= 0.3 is 0 Å². The van der Waals surface area contributed by atoms with Gasteiger partial charge in [-0.25, -0.2) is 4.68 Å². The standard InChI is InChI=1S/C27H34ClN3O3/c1-19(2)33-18-22(32)16-31(15-20-13-14-20)17-23-26(21-9-5-4-6-10-21)29-30(3)27(23)34-25-12-8-7-11-24(25)28/h4-12,19-20,22,32H,13-18H2,1-3H3/t22-/m0/s1. The van der Waals surface area contributed by atoms with Crippen molar-refractivity contribution in [2.24, 2.45) is 13.0 Å². The fourth-order valence-electron chi connectivity index (χ4n) is 4.03. The van der Waals surface area contributed by atoms with Crippen LogP contribution in [0.1, 0.15) is 32.3 Å². The lowest BCUT2D eigenvalue weighted by Gasteiger charge is -2.26. The predicted octanol–water partition coefficient (Wildman–Crippen LogP) is 5.53. The third kappa shape index (κ3) is 6.60. The highest BCUT2D eigenvalue weighted by atomic mass is 35.5.